The Morgan fingerprint density at radius 2 is 1.84 bits per heavy atom. The van der Waals surface area contributed by atoms with Gasteiger partial charge in [0.05, 0.1) is 17.4 Å². The van der Waals surface area contributed by atoms with Crippen molar-refractivity contribution in [3.05, 3.63) is 41.4 Å². The number of amides is 4. The molecule has 2 aromatic rings. The number of ether oxygens (including phenoxy) is 2. The SMILES string of the molecule is CC(C)Oc1cc2c(Cl)cccc2c(O[C@@H]2C[C@H]3C(=O)N[C@]4(C(=O)NS(=O)(=O)C5(C)CC5)C[C@H]4/C=C\CC[C@H](C)C[C@@H](C)[C@H](N(C(=O)O)C(C)(C)C)C(=O)N3C2)n1. The summed E-state index contributed by atoms with van der Waals surface area (Å²) in [7, 11) is -4.03. The summed E-state index contributed by atoms with van der Waals surface area (Å²) >= 11 is 6.60. The number of sulfonamides is 1. The number of rotatable bonds is 8. The van der Waals surface area contributed by atoms with Gasteiger partial charge in [-0.2, -0.15) is 4.98 Å². The van der Waals surface area contributed by atoms with E-state index in [0.29, 0.717) is 41.5 Å². The van der Waals surface area contributed by atoms with Crippen LogP contribution in [0.1, 0.15) is 100 Å². The molecule has 312 valence electrons. The van der Waals surface area contributed by atoms with Gasteiger partial charge in [-0.25, -0.2) is 13.2 Å². The van der Waals surface area contributed by atoms with Crippen LogP contribution in [0, 0.1) is 17.8 Å². The second kappa shape index (κ2) is 15.6. The van der Waals surface area contributed by atoms with Crippen molar-refractivity contribution >= 4 is 56.2 Å². The zero-order valence-electron chi connectivity index (χ0n) is 34.0. The highest BCUT2D eigenvalue weighted by atomic mass is 35.5. The summed E-state index contributed by atoms with van der Waals surface area (Å²) in [6, 6.07) is 4.61. The van der Waals surface area contributed by atoms with Crippen molar-refractivity contribution in [1.29, 1.82) is 0 Å². The Morgan fingerprint density at radius 1 is 1.14 bits per heavy atom. The molecule has 3 fully saturated rings. The van der Waals surface area contributed by atoms with Crippen molar-refractivity contribution in [2.75, 3.05) is 6.54 Å². The van der Waals surface area contributed by atoms with Crippen molar-refractivity contribution in [3.63, 3.8) is 0 Å². The number of benzene rings is 1. The third kappa shape index (κ3) is 8.69. The first kappa shape index (κ1) is 42.5. The fourth-order valence-electron chi connectivity index (χ4n) is 8.30. The molecule has 2 aliphatic heterocycles. The van der Waals surface area contributed by atoms with Gasteiger partial charge in [-0.15, -0.1) is 0 Å². The minimum absolute atomic E-state index is 0.0365. The quantitative estimate of drug-likeness (QED) is 0.265. The van der Waals surface area contributed by atoms with Crippen molar-refractivity contribution < 1.29 is 42.2 Å². The average molecular weight is 830 g/mol. The standard InChI is InChI=1S/C41H56ClN5O9S/c1-23(2)55-32-20-29-28(14-11-15-30(29)42)35(43-32)56-27-19-31-34(48)44-41(37(50)45-57(53,54)40(8)16-17-40)21-26(41)13-10-9-12-24(3)18-25(4)33(36(49)46(31)22-27)47(38(51)52)39(5,6)7/h10-11,13-15,20,23-27,31,33H,9,12,16-19,21-22H2,1-8H3,(H,44,48)(H,45,50)(H,51,52)/b13-10-/t24-,25+,26+,27+,31-,33-,41+/m0/s1. The predicted octanol–water partition coefficient (Wildman–Crippen LogP) is 6.06. The number of allylic oxidation sites excluding steroid dienone is 1. The maximum Gasteiger partial charge on any atom is 0.408 e. The van der Waals surface area contributed by atoms with Crippen LogP contribution >= 0.6 is 11.6 Å². The highest BCUT2D eigenvalue weighted by molar-refractivity contribution is 7.91. The largest absolute Gasteiger partial charge is 0.475 e. The molecule has 1 aromatic carbocycles. The Labute approximate surface area is 340 Å². The number of hydrogen-bond donors (Lipinski definition) is 3. The van der Waals surface area contributed by atoms with Crippen LogP contribution < -0.4 is 19.5 Å². The lowest BCUT2D eigenvalue weighted by atomic mass is 9.85. The number of carbonyl (C=O) groups is 4. The zero-order valence-corrected chi connectivity index (χ0v) is 35.6. The van der Waals surface area contributed by atoms with Gasteiger partial charge in [0.1, 0.15) is 23.7 Å². The van der Waals surface area contributed by atoms with Gasteiger partial charge < -0.3 is 24.8 Å². The lowest BCUT2D eigenvalue weighted by Gasteiger charge is -2.43. The van der Waals surface area contributed by atoms with E-state index in [1.807, 2.05) is 32.9 Å². The van der Waals surface area contributed by atoms with Crippen LogP contribution in [0.15, 0.2) is 36.4 Å². The fraction of sp³-hybridized carbons (Fsp3) is 0.634. The number of hydrogen-bond acceptors (Lipinski definition) is 9. The van der Waals surface area contributed by atoms with Crippen molar-refractivity contribution in [3.8, 4) is 11.8 Å². The zero-order chi connectivity index (χ0) is 41.8. The molecule has 1 aromatic heterocycles. The normalized spacial score (nSPS) is 29.6. The highest BCUT2D eigenvalue weighted by Gasteiger charge is 2.63. The van der Waals surface area contributed by atoms with E-state index in [1.54, 1.807) is 52.0 Å². The van der Waals surface area contributed by atoms with Gasteiger partial charge in [0, 0.05) is 39.7 Å². The molecule has 0 bridgehead atoms. The fourth-order valence-corrected chi connectivity index (χ4v) is 9.84. The first-order valence-electron chi connectivity index (χ1n) is 19.9. The Bertz CT molecular complexity index is 2070. The number of nitrogens with one attached hydrogen (secondary N) is 2. The van der Waals surface area contributed by atoms with Gasteiger partial charge >= 0.3 is 6.09 Å². The van der Waals surface area contributed by atoms with Crippen LogP contribution in [-0.2, 0) is 24.4 Å². The minimum Gasteiger partial charge on any atom is -0.475 e. The van der Waals surface area contributed by atoms with Crippen LogP contribution in [0.25, 0.3) is 10.8 Å². The Kier molecular flexibility index (Phi) is 11.6. The molecule has 1 saturated heterocycles. The summed E-state index contributed by atoms with van der Waals surface area (Å²) < 4.78 is 40.2. The van der Waals surface area contributed by atoms with Gasteiger partial charge in [-0.1, -0.05) is 43.7 Å². The van der Waals surface area contributed by atoms with Crippen LogP contribution in [0.3, 0.4) is 0 Å². The van der Waals surface area contributed by atoms with E-state index in [1.165, 1.54) is 9.80 Å². The van der Waals surface area contributed by atoms with E-state index in [9.17, 15) is 27.9 Å². The number of aromatic nitrogens is 1. The van der Waals surface area contributed by atoms with E-state index in [4.69, 9.17) is 21.1 Å². The van der Waals surface area contributed by atoms with Gasteiger partial charge in [0.15, 0.2) is 0 Å². The first-order chi connectivity index (χ1) is 26.6. The smallest absolute Gasteiger partial charge is 0.408 e. The summed E-state index contributed by atoms with van der Waals surface area (Å²) in [5, 5.41) is 15.2. The summed E-state index contributed by atoms with van der Waals surface area (Å²) in [6.45, 7) is 14.3. The molecule has 4 aliphatic rings. The van der Waals surface area contributed by atoms with E-state index in [-0.39, 0.29) is 43.2 Å². The summed E-state index contributed by atoms with van der Waals surface area (Å²) in [6.07, 6.45) is 4.35. The second-order valence-corrected chi connectivity index (χ2v) is 20.6. The molecule has 3 heterocycles. The van der Waals surface area contributed by atoms with E-state index >= 15 is 4.79 Å². The van der Waals surface area contributed by atoms with Gasteiger partial charge in [0.2, 0.25) is 33.6 Å². The maximum absolute atomic E-state index is 15.1. The summed E-state index contributed by atoms with van der Waals surface area (Å²) in [5.74, 6) is -2.48. The molecule has 2 saturated carbocycles. The monoisotopic (exact) mass is 829 g/mol. The Hall–Kier alpha value is -4.11. The third-order valence-electron chi connectivity index (χ3n) is 11.8. The van der Waals surface area contributed by atoms with Crippen LogP contribution in [0.2, 0.25) is 5.02 Å². The number of carbonyl (C=O) groups excluding carboxylic acids is 3. The Balaban J connectivity index is 1.42. The van der Waals surface area contributed by atoms with Crippen LogP contribution in [0.4, 0.5) is 4.79 Å². The molecule has 2 aliphatic carbocycles. The molecule has 7 atom stereocenters. The molecule has 16 heteroatoms. The van der Waals surface area contributed by atoms with Crippen LogP contribution in [-0.4, -0.2) is 98.8 Å². The third-order valence-corrected chi connectivity index (χ3v) is 14.3. The van der Waals surface area contributed by atoms with Gasteiger partial charge in [-0.3, -0.25) is 24.0 Å². The molecule has 0 radical (unpaired) electrons. The number of pyridine rings is 1. The van der Waals surface area contributed by atoms with E-state index < -0.39 is 79.7 Å². The predicted molar refractivity (Wildman–Crippen MR) is 215 cm³/mol. The van der Waals surface area contributed by atoms with E-state index in [2.05, 4.69) is 21.9 Å². The van der Waals surface area contributed by atoms with Gasteiger partial charge in [0.25, 0.3) is 5.91 Å². The van der Waals surface area contributed by atoms with Crippen LogP contribution in [0.5, 0.6) is 11.8 Å². The summed E-state index contributed by atoms with van der Waals surface area (Å²) in [5.41, 5.74) is -2.57. The Morgan fingerprint density at radius 3 is 2.47 bits per heavy atom. The second-order valence-electron chi connectivity index (χ2n) is 18.0. The molecular weight excluding hydrogens is 774 g/mol. The summed E-state index contributed by atoms with van der Waals surface area (Å²) in [4.78, 5) is 64.0. The first-order valence-corrected chi connectivity index (χ1v) is 21.7. The molecule has 14 nitrogen and oxygen atoms in total. The lowest BCUT2D eigenvalue weighted by Crippen LogP contribution is -2.62. The van der Waals surface area contributed by atoms with Crippen molar-refractivity contribution in [1.82, 2.24) is 24.8 Å². The lowest BCUT2D eigenvalue weighted by molar-refractivity contribution is -0.146. The van der Waals surface area contributed by atoms with Gasteiger partial charge in [-0.05, 0) is 104 Å². The molecule has 4 amide bonds. The number of carboxylic acid groups (broad SMARTS) is 1. The van der Waals surface area contributed by atoms with Crippen molar-refractivity contribution in [2.24, 2.45) is 17.8 Å². The molecular formula is C41H56ClN5O9S. The molecule has 6 rings (SSSR count). The number of nitrogens with zero attached hydrogens (tertiary/aromatic N) is 3. The highest BCUT2D eigenvalue weighted by Crippen LogP contribution is 2.48. The average Bonchev–Trinajstić information content (AvgIpc) is 3.98. The topological polar surface area (TPSA) is 185 Å². The minimum atomic E-state index is -4.03. The number of fused-ring (bicyclic) bond motifs is 3. The molecule has 3 N–H and O–H groups in total. The molecule has 0 spiro atoms. The molecule has 0 unspecified atom stereocenters. The molecule has 57 heavy (non-hydrogen) atoms. The van der Waals surface area contributed by atoms with E-state index in [0.717, 1.165) is 6.42 Å². The maximum atomic E-state index is 15.1. The van der Waals surface area contributed by atoms with Crippen molar-refractivity contribution in [2.45, 2.75) is 140 Å². The number of halogens is 1.